The highest BCUT2D eigenvalue weighted by molar-refractivity contribution is 5.78. The van der Waals surface area contributed by atoms with Gasteiger partial charge in [0, 0.05) is 57.5 Å². The van der Waals surface area contributed by atoms with Crippen molar-refractivity contribution in [1.82, 2.24) is 15.1 Å². The number of likely N-dealkylation sites (tertiary alicyclic amines) is 1. The van der Waals surface area contributed by atoms with Gasteiger partial charge < -0.3 is 25.6 Å². The molecule has 2 saturated heterocycles. The van der Waals surface area contributed by atoms with Gasteiger partial charge in [-0.15, -0.1) is 0 Å². The zero-order chi connectivity index (χ0) is 22.2. The third kappa shape index (κ3) is 6.50. The number of piperidine rings is 1. The van der Waals surface area contributed by atoms with E-state index in [4.69, 9.17) is 10.5 Å². The maximum atomic E-state index is 11.8. The summed E-state index contributed by atoms with van der Waals surface area (Å²) in [6, 6.07) is 6.81. The van der Waals surface area contributed by atoms with Crippen molar-refractivity contribution in [3.63, 3.8) is 0 Å². The topological polar surface area (TPSA) is 86.4 Å². The minimum absolute atomic E-state index is 0.222. The number of guanidine groups is 1. The average Bonchev–Trinajstić information content (AvgIpc) is 2.77. The van der Waals surface area contributed by atoms with Crippen LogP contribution in [0.4, 0.5) is 10.5 Å². The Balaban J connectivity index is 1.35. The van der Waals surface area contributed by atoms with Crippen LogP contribution < -0.4 is 16.0 Å². The maximum Gasteiger partial charge on any atom is 0.409 e. The highest BCUT2D eigenvalue weighted by Crippen LogP contribution is 2.23. The molecule has 2 aliphatic rings. The first-order valence-corrected chi connectivity index (χ1v) is 11.5. The van der Waals surface area contributed by atoms with Crippen molar-refractivity contribution in [2.24, 2.45) is 10.7 Å². The lowest BCUT2D eigenvalue weighted by atomic mass is 10.1. The summed E-state index contributed by atoms with van der Waals surface area (Å²) in [5.74, 6) is 0.503. The molecule has 0 atom stereocenters. The van der Waals surface area contributed by atoms with Gasteiger partial charge in [0.2, 0.25) is 0 Å². The fraction of sp³-hybridized carbons (Fsp3) is 0.652. The van der Waals surface area contributed by atoms with E-state index in [2.05, 4.69) is 52.2 Å². The zero-order valence-corrected chi connectivity index (χ0v) is 19.3. The lowest BCUT2D eigenvalue weighted by Gasteiger charge is -2.36. The number of carbonyl (C=O) groups excluding carboxylic acids is 1. The number of anilines is 1. The van der Waals surface area contributed by atoms with Gasteiger partial charge in [-0.05, 0) is 50.8 Å². The molecular formula is C23H38N6O2. The van der Waals surface area contributed by atoms with Crippen LogP contribution in [-0.4, -0.2) is 86.9 Å². The largest absolute Gasteiger partial charge is 0.450 e. The normalized spacial score (nSPS) is 18.9. The Kier molecular flexibility index (Phi) is 8.40. The fourth-order valence-corrected chi connectivity index (χ4v) is 4.28. The summed E-state index contributed by atoms with van der Waals surface area (Å²) in [5.41, 5.74) is 10.2. The van der Waals surface area contributed by atoms with Gasteiger partial charge in [-0.2, -0.15) is 0 Å². The Morgan fingerprint density at radius 1 is 1.16 bits per heavy atom. The second-order valence-corrected chi connectivity index (χ2v) is 8.42. The Bertz CT molecular complexity index is 752. The molecule has 8 heteroatoms. The number of nitrogens with one attached hydrogen (secondary N) is 1. The minimum atomic E-state index is -0.222. The molecular weight excluding hydrogens is 392 g/mol. The van der Waals surface area contributed by atoms with Gasteiger partial charge in [0.25, 0.3) is 0 Å². The molecule has 0 unspecified atom stereocenters. The monoisotopic (exact) mass is 430 g/mol. The molecule has 0 saturated carbocycles. The number of nitrogens with zero attached hydrogens (tertiary/aromatic N) is 4. The average molecular weight is 431 g/mol. The van der Waals surface area contributed by atoms with E-state index in [0.717, 1.165) is 45.6 Å². The second-order valence-electron chi connectivity index (χ2n) is 8.42. The number of aryl methyl sites for hydroxylation is 1. The van der Waals surface area contributed by atoms with Gasteiger partial charge in [-0.1, -0.05) is 12.1 Å². The van der Waals surface area contributed by atoms with Gasteiger partial charge in [0.05, 0.1) is 13.2 Å². The van der Waals surface area contributed by atoms with Crippen LogP contribution in [0.1, 0.15) is 30.9 Å². The summed E-state index contributed by atoms with van der Waals surface area (Å²) in [5, 5.41) is 3.31. The van der Waals surface area contributed by atoms with Crippen LogP contribution in [0.3, 0.4) is 0 Å². The number of aliphatic imine (C=N–C) groups is 1. The Labute approximate surface area is 186 Å². The highest BCUT2D eigenvalue weighted by atomic mass is 16.6. The third-order valence-corrected chi connectivity index (χ3v) is 6.36. The Morgan fingerprint density at radius 2 is 1.87 bits per heavy atom. The molecule has 1 amide bonds. The van der Waals surface area contributed by atoms with E-state index in [1.54, 1.807) is 4.90 Å². The molecule has 3 rings (SSSR count). The van der Waals surface area contributed by atoms with Crippen LogP contribution in [-0.2, 0) is 4.74 Å². The molecule has 0 radical (unpaired) electrons. The summed E-state index contributed by atoms with van der Waals surface area (Å²) in [7, 11) is 0. The van der Waals surface area contributed by atoms with Gasteiger partial charge in [0.1, 0.15) is 0 Å². The summed E-state index contributed by atoms with van der Waals surface area (Å²) in [6.07, 6.45) is 1.49. The molecule has 1 aromatic rings. The summed E-state index contributed by atoms with van der Waals surface area (Å²) < 4.78 is 5.06. The standard InChI is InChI=1S/C23H38N6O2/c1-4-31-23(30)29-11-8-20(9-12-29)26-22(24)25-10-13-27-14-16-28(17-15-27)21-7-5-6-18(2)19(21)3/h5-7,20H,4,8-17H2,1-3H3,(H3,24,25,26). The molecule has 3 N–H and O–H groups in total. The van der Waals surface area contributed by atoms with Crippen molar-refractivity contribution in [3.05, 3.63) is 29.3 Å². The lowest BCUT2D eigenvalue weighted by molar-refractivity contribution is 0.0963. The molecule has 8 nitrogen and oxygen atoms in total. The number of hydrogen-bond acceptors (Lipinski definition) is 5. The first-order chi connectivity index (χ1) is 15.0. The molecule has 1 aromatic carbocycles. The van der Waals surface area contributed by atoms with E-state index in [1.807, 2.05) is 6.92 Å². The summed E-state index contributed by atoms with van der Waals surface area (Å²) >= 11 is 0. The second kappa shape index (κ2) is 11.2. The van der Waals surface area contributed by atoms with E-state index in [1.165, 1.54) is 16.8 Å². The van der Waals surface area contributed by atoms with Crippen molar-refractivity contribution in [3.8, 4) is 0 Å². The number of carbonyl (C=O) groups is 1. The van der Waals surface area contributed by atoms with Crippen molar-refractivity contribution in [1.29, 1.82) is 0 Å². The van der Waals surface area contributed by atoms with Crippen LogP contribution in [0.15, 0.2) is 23.2 Å². The molecule has 0 aromatic heterocycles. The minimum Gasteiger partial charge on any atom is -0.450 e. The number of rotatable bonds is 6. The molecule has 2 aliphatic heterocycles. The number of piperazine rings is 1. The van der Waals surface area contributed by atoms with Gasteiger partial charge in [0.15, 0.2) is 5.96 Å². The van der Waals surface area contributed by atoms with E-state index < -0.39 is 0 Å². The highest BCUT2D eigenvalue weighted by Gasteiger charge is 2.24. The third-order valence-electron chi connectivity index (χ3n) is 6.36. The quantitative estimate of drug-likeness (QED) is 0.530. The fourth-order valence-electron chi connectivity index (χ4n) is 4.28. The van der Waals surface area contributed by atoms with E-state index in [-0.39, 0.29) is 12.1 Å². The molecule has 0 aliphatic carbocycles. The number of benzene rings is 1. The predicted molar refractivity (Wildman–Crippen MR) is 126 cm³/mol. The van der Waals surface area contributed by atoms with Crippen molar-refractivity contribution < 1.29 is 9.53 Å². The van der Waals surface area contributed by atoms with E-state index in [0.29, 0.717) is 32.2 Å². The number of ether oxygens (including phenoxy) is 1. The molecule has 0 bridgehead atoms. The van der Waals surface area contributed by atoms with Crippen molar-refractivity contribution in [2.75, 3.05) is 63.9 Å². The molecule has 0 spiro atoms. The van der Waals surface area contributed by atoms with Gasteiger partial charge >= 0.3 is 6.09 Å². The summed E-state index contributed by atoms with van der Waals surface area (Å²) in [4.78, 5) is 23.0. The van der Waals surface area contributed by atoms with Crippen molar-refractivity contribution in [2.45, 2.75) is 39.7 Å². The first-order valence-electron chi connectivity index (χ1n) is 11.5. The van der Waals surface area contributed by atoms with Gasteiger partial charge in [-0.25, -0.2) is 4.79 Å². The molecule has 172 valence electrons. The maximum absolute atomic E-state index is 11.8. The molecule has 2 fully saturated rings. The predicted octanol–water partition coefficient (Wildman–Crippen LogP) is 1.95. The summed E-state index contributed by atoms with van der Waals surface area (Å²) in [6.45, 7) is 13.8. The first kappa shape index (κ1) is 23.2. The van der Waals surface area contributed by atoms with Crippen molar-refractivity contribution >= 4 is 17.7 Å². The van der Waals surface area contributed by atoms with Gasteiger partial charge in [-0.3, -0.25) is 9.89 Å². The number of nitrogens with two attached hydrogens (primary N) is 1. The Hall–Kier alpha value is -2.48. The number of amides is 1. The number of hydrogen-bond donors (Lipinski definition) is 2. The van der Waals surface area contributed by atoms with Crippen LogP contribution >= 0.6 is 0 Å². The van der Waals surface area contributed by atoms with Crippen LogP contribution in [0.5, 0.6) is 0 Å². The lowest BCUT2D eigenvalue weighted by Crippen LogP contribution is -2.49. The smallest absolute Gasteiger partial charge is 0.409 e. The van der Waals surface area contributed by atoms with Crippen LogP contribution in [0.25, 0.3) is 0 Å². The molecule has 2 heterocycles. The van der Waals surface area contributed by atoms with E-state index in [9.17, 15) is 4.79 Å². The van der Waals surface area contributed by atoms with Crippen LogP contribution in [0.2, 0.25) is 0 Å². The van der Waals surface area contributed by atoms with E-state index >= 15 is 0 Å². The Morgan fingerprint density at radius 3 is 2.55 bits per heavy atom. The van der Waals surface area contributed by atoms with Crippen LogP contribution in [0, 0.1) is 13.8 Å². The zero-order valence-electron chi connectivity index (χ0n) is 19.3. The molecule has 31 heavy (non-hydrogen) atoms. The SMILES string of the molecule is CCOC(=O)N1CCC(NC(N)=NCCN2CCN(c3cccc(C)c3C)CC2)CC1.